The van der Waals surface area contributed by atoms with Crippen molar-refractivity contribution in [1.82, 2.24) is 0 Å². The predicted molar refractivity (Wildman–Crippen MR) is 94.5 cm³/mol. The lowest BCUT2D eigenvalue weighted by molar-refractivity contribution is 0.0697. The van der Waals surface area contributed by atoms with Crippen LogP contribution in [-0.4, -0.2) is 24.3 Å². The average Bonchev–Trinajstić information content (AvgIpc) is 2.54. The number of carboxylic acid groups (broad SMARTS) is 1. The summed E-state index contributed by atoms with van der Waals surface area (Å²) in [4.78, 5) is 10.9. The molecule has 0 saturated heterocycles. The Bertz CT molecular complexity index is 714. The lowest BCUT2D eigenvalue weighted by Gasteiger charge is -2.16. The summed E-state index contributed by atoms with van der Waals surface area (Å²) in [5, 5.41) is 12.7. The number of anilines is 1. The maximum atomic E-state index is 10.9. The summed E-state index contributed by atoms with van der Waals surface area (Å²) in [6.07, 6.45) is 0.0201. The summed E-state index contributed by atoms with van der Waals surface area (Å²) in [6, 6.07) is 10.1. The molecular formula is C18H20ClNO4. The summed E-state index contributed by atoms with van der Waals surface area (Å²) in [5.74, 6) is 0.272. The van der Waals surface area contributed by atoms with Crippen LogP contribution in [0.4, 0.5) is 5.69 Å². The van der Waals surface area contributed by atoms with Crippen LogP contribution < -0.4 is 14.8 Å². The minimum absolute atomic E-state index is 0.0201. The molecule has 0 atom stereocenters. The average molecular weight is 350 g/mol. The van der Waals surface area contributed by atoms with Crippen LogP contribution in [0.5, 0.6) is 11.5 Å². The van der Waals surface area contributed by atoms with Crippen molar-refractivity contribution in [2.75, 3.05) is 12.4 Å². The molecule has 24 heavy (non-hydrogen) atoms. The number of carbonyl (C=O) groups is 1. The molecule has 5 nitrogen and oxygen atoms in total. The van der Waals surface area contributed by atoms with E-state index in [-0.39, 0.29) is 11.7 Å². The molecule has 0 spiro atoms. The van der Waals surface area contributed by atoms with Crippen molar-refractivity contribution in [2.45, 2.75) is 26.5 Å². The number of aromatic carboxylic acids is 1. The van der Waals surface area contributed by atoms with Gasteiger partial charge in [0.2, 0.25) is 0 Å². The Morgan fingerprint density at radius 1 is 1.21 bits per heavy atom. The Morgan fingerprint density at radius 3 is 2.42 bits per heavy atom. The molecule has 0 aliphatic carbocycles. The van der Waals surface area contributed by atoms with Crippen LogP contribution in [0.1, 0.15) is 29.8 Å². The van der Waals surface area contributed by atoms with Crippen molar-refractivity contribution < 1.29 is 19.4 Å². The third-order valence-corrected chi connectivity index (χ3v) is 3.66. The van der Waals surface area contributed by atoms with Gasteiger partial charge in [0.1, 0.15) is 0 Å². The lowest BCUT2D eigenvalue weighted by atomic mass is 10.1. The van der Waals surface area contributed by atoms with Gasteiger partial charge in [-0.3, -0.25) is 0 Å². The van der Waals surface area contributed by atoms with Gasteiger partial charge in [0.25, 0.3) is 0 Å². The second-order valence-electron chi connectivity index (χ2n) is 5.50. The summed E-state index contributed by atoms with van der Waals surface area (Å²) in [6.45, 7) is 4.34. The van der Waals surface area contributed by atoms with Crippen molar-refractivity contribution in [1.29, 1.82) is 0 Å². The normalized spacial score (nSPS) is 10.5. The van der Waals surface area contributed by atoms with Crippen molar-refractivity contribution in [3.63, 3.8) is 0 Å². The highest BCUT2D eigenvalue weighted by molar-refractivity contribution is 6.31. The van der Waals surface area contributed by atoms with Crippen LogP contribution in [0.15, 0.2) is 36.4 Å². The van der Waals surface area contributed by atoms with E-state index in [1.165, 1.54) is 0 Å². The first-order valence-electron chi connectivity index (χ1n) is 7.51. The Kier molecular flexibility index (Phi) is 5.93. The number of hydrogen-bond donors (Lipinski definition) is 2. The van der Waals surface area contributed by atoms with E-state index >= 15 is 0 Å². The number of ether oxygens (including phenoxy) is 2. The number of methoxy groups -OCH3 is 1. The minimum Gasteiger partial charge on any atom is -0.493 e. The zero-order valence-corrected chi connectivity index (χ0v) is 14.6. The van der Waals surface area contributed by atoms with Crippen molar-refractivity contribution in [2.24, 2.45) is 0 Å². The molecule has 0 unspecified atom stereocenters. The number of hydrogen-bond acceptors (Lipinski definition) is 4. The Balaban J connectivity index is 2.13. The van der Waals surface area contributed by atoms with E-state index in [1.807, 2.05) is 19.9 Å². The summed E-state index contributed by atoms with van der Waals surface area (Å²) >= 11 is 6.32. The Hall–Kier alpha value is -2.40. The number of rotatable bonds is 7. The van der Waals surface area contributed by atoms with Crippen LogP contribution in [0.2, 0.25) is 5.02 Å². The molecule has 2 rings (SSSR count). The van der Waals surface area contributed by atoms with E-state index in [2.05, 4.69) is 5.32 Å². The van der Waals surface area contributed by atoms with E-state index in [0.717, 1.165) is 11.3 Å². The third kappa shape index (κ3) is 4.55. The molecule has 2 aromatic rings. The van der Waals surface area contributed by atoms with Gasteiger partial charge in [-0.05, 0) is 49.7 Å². The van der Waals surface area contributed by atoms with Crippen LogP contribution in [-0.2, 0) is 6.54 Å². The monoisotopic (exact) mass is 349 g/mol. The Labute approximate surface area is 146 Å². The fraction of sp³-hybridized carbons (Fsp3) is 0.278. The highest BCUT2D eigenvalue weighted by atomic mass is 35.5. The van der Waals surface area contributed by atoms with Crippen LogP contribution in [0.25, 0.3) is 0 Å². The molecule has 0 saturated carbocycles. The molecule has 0 heterocycles. The lowest BCUT2D eigenvalue weighted by Crippen LogP contribution is -2.08. The van der Waals surface area contributed by atoms with Gasteiger partial charge in [-0.1, -0.05) is 11.6 Å². The van der Waals surface area contributed by atoms with Gasteiger partial charge >= 0.3 is 5.97 Å². The molecule has 0 aliphatic heterocycles. The van der Waals surface area contributed by atoms with E-state index in [9.17, 15) is 4.79 Å². The van der Waals surface area contributed by atoms with E-state index in [1.54, 1.807) is 37.4 Å². The van der Waals surface area contributed by atoms with Crippen LogP contribution >= 0.6 is 11.6 Å². The van der Waals surface area contributed by atoms with Crippen molar-refractivity contribution in [3.8, 4) is 11.5 Å². The maximum absolute atomic E-state index is 10.9. The number of carboxylic acids is 1. The molecule has 0 aliphatic rings. The number of benzene rings is 2. The van der Waals surface area contributed by atoms with Crippen molar-refractivity contribution >= 4 is 23.3 Å². The SMILES string of the molecule is COc1cc(CNc2ccc(C(=O)O)cc2)c(Cl)cc1OC(C)C. The zero-order chi connectivity index (χ0) is 17.7. The molecule has 6 heteroatoms. The molecular weight excluding hydrogens is 330 g/mol. The van der Waals surface area contributed by atoms with Gasteiger partial charge < -0.3 is 19.9 Å². The van der Waals surface area contributed by atoms with Gasteiger partial charge in [-0.25, -0.2) is 4.79 Å². The number of nitrogens with one attached hydrogen (secondary N) is 1. The first-order chi connectivity index (χ1) is 11.4. The van der Waals surface area contributed by atoms with Crippen molar-refractivity contribution in [3.05, 3.63) is 52.5 Å². The van der Waals surface area contributed by atoms with Gasteiger partial charge in [-0.15, -0.1) is 0 Å². The zero-order valence-electron chi connectivity index (χ0n) is 13.8. The molecule has 0 radical (unpaired) electrons. The van der Waals surface area contributed by atoms with E-state index in [0.29, 0.717) is 23.1 Å². The molecule has 2 aromatic carbocycles. The summed E-state index contributed by atoms with van der Waals surface area (Å²) in [7, 11) is 1.58. The van der Waals surface area contributed by atoms with Crippen LogP contribution in [0, 0.1) is 0 Å². The highest BCUT2D eigenvalue weighted by Crippen LogP contribution is 2.34. The first kappa shape index (κ1) is 17.9. The van der Waals surface area contributed by atoms with Gasteiger partial charge in [0, 0.05) is 23.3 Å². The second-order valence-corrected chi connectivity index (χ2v) is 5.90. The smallest absolute Gasteiger partial charge is 0.335 e. The maximum Gasteiger partial charge on any atom is 0.335 e. The van der Waals surface area contributed by atoms with E-state index < -0.39 is 5.97 Å². The second kappa shape index (κ2) is 7.93. The fourth-order valence-corrected chi connectivity index (χ4v) is 2.37. The summed E-state index contributed by atoms with van der Waals surface area (Å²) < 4.78 is 11.0. The molecule has 2 N–H and O–H groups in total. The predicted octanol–water partition coefficient (Wildman–Crippen LogP) is 4.45. The molecule has 0 fully saturated rings. The minimum atomic E-state index is -0.949. The van der Waals surface area contributed by atoms with Gasteiger partial charge in [-0.2, -0.15) is 0 Å². The topological polar surface area (TPSA) is 67.8 Å². The molecule has 0 aromatic heterocycles. The molecule has 0 amide bonds. The number of halogens is 1. The van der Waals surface area contributed by atoms with Crippen LogP contribution in [0.3, 0.4) is 0 Å². The standard InChI is InChI=1S/C18H20ClNO4/c1-11(2)24-17-9-15(19)13(8-16(17)23-3)10-20-14-6-4-12(5-7-14)18(21)22/h4-9,11,20H,10H2,1-3H3,(H,21,22). The first-order valence-corrected chi connectivity index (χ1v) is 7.88. The fourth-order valence-electron chi connectivity index (χ4n) is 2.15. The third-order valence-electron chi connectivity index (χ3n) is 3.31. The summed E-state index contributed by atoms with van der Waals surface area (Å²) in [5.41, 5.74) is 1.90. The largest absolute Gasteiger partial charge is 0.493 e. The molecule has 128 valence electrons. The van der Waals surface area contributed by atoms with Gasteiger partial charge in [0.15, 0.2) is 11.5 Å². The van der Waals surface area contributed by atoms with Gasteiger partial charge in [0.05, 0.1) is 18.8 Å². The van der Waals surface area contributed by atoms with E-state index in [4.69, 9.17) is 26.2 Å². The highest BCUT2D eigenvalue weighted by Gasteiger charge is 2.12. The quantitative estimate of drug-likeness (QED) is 0.773. The molecule has 0 bridgehead atoms. The Morgan fingerprint density at radius 2 is 1.88 bits per heavy atom.